The topological polar surface area (TPSA) is 82.1 Å². The smallest absolute Gasteiger partial charge is 0.214 e. The van der Waals surface area contributed by atoms with Crippen molar-refractivity contribution in [2.75, 3.05) is 20.8 Å². The van der Waals surface area contributed by atoms with E-state index in [9.17, 15) is 9.59 Å². The molecule has 0 saturated carbocycles. The van der Waals surface area contributed by atoms with E-state index in [4.69, 9.17) is 14.6 Å². The van der Waals surface area contributed by atoms with Crippen molar-refractivity contribution in [3.63, 3.8) is 0 Å². The average molecular weight is 206 g/mol. The van der Waals surface area contributed by atoms with Crippen molar-refractivity contribution >= 4 is 12.6 Å². The lowest BCUT2D eigenvalue weighted by molar-refractivity contribution is -0.187. The predicted molar refractivity (Wildman–Crippen MR) is 45.7 cm³/mol. The van der Waals surface area contributed by atoms with Gasteiger partial charge >= 0.3 is 0 Å². The first-order valence-corrected chi connectivity index (χ1v) is 3.96. The number of aldehydes is 2. The van der Waals surface area contributed by atoms with Crippen LogP contribution in [0.5, 0.6) is 0 Å². The van der Waals surface area contributed by atoms with Gasteiger partial charge in [0.15, 0.2) is 12.6 Å². The van der Waals surface area contributed by atoms with Gasteiger partial charge in [-0.05, 0) is 0 Å². The zero-order valence-electron chi connectivity index (χ0n) is 8.08. The van der Waals surface area contributed by atoms with E-state index >= 15 is 0 Å². The molecule has 6 heteroatoms. The summed E-state index contributed by atoms with van der Waals surface area (Å²) in [5.74, 6) is 0. The Morgan fingerprint density at radius 2 is 1.86 bits per heavy atom. The molecule has 0 aromatic carbocycles. The number of rotatable bonds is 8. The maximum absolute atomic E-state index is 10.4. The van der Waals surface area contributed by atoms with Gasteiger partial charge in [0.2, 0.25) is 6.29 Å². The van der Waals surface area contributed by atoms with Gasteiger partial charge in [-0.2, -0.15) is 0 Å². The van der Waals surface area contributed by atoms with Crippen LogP contribution in [-0.4, -0.2) is 57.0 Å². The predicted octanol–water partition coefficient (Wildman–Crippen LogP) is -1.25. The highest BCUT2D eigenvalue weighted by Crippen LogP contribution is 2.04. The van der Waals surface area contributed by atoms with Crippen molar-refractivity contribution in [2.24, 2.45) is 0 Å². The van der Waals surface area contributed by atoms with Gasteiger partial charge in [-0.3, -0.25) is 4.79 Å². The molecule has 0 spiro atoms. The number of carbonyl (C=O) groups excluding carboxylic acids is 2. The van der Waals surface area contributed by atoms with Gasteiger partial charge in [-0.1, -0.05) is 0 Å². The highest BCUT2D eigenvalue weighted by Gasteiger charge is 2.24. The number of hydrogen-bond acceptors (Lipinski definition) is 6. The number of ether oxygens (including phenoxy) is 3. The summed E-state index contributed by atoms with van der Waals surface area (Å²) >= 11 is 0. The van der Waals surface area contributed by atoms with E-state index in [1.165, 1.54) is 14.2 Å². The van der Waals surface area contributed by atoms with E-state index < -0.39 is 25.1 Å². The summed E-state index contributed by atoms with van der Waals surface area (Å²) in [6, 6.07) is 0. The van der Waals surface area contributed by atoms with Crippen molar-refractivity contribution in [1.82, 2.24) is 0 Å². The Labute approximate surface area is 81.8 Å². The fourth-order valence-corrected chi connectivity index (χ4v) is 0.835. The molecule has 0 saturated heterocycles. The molecule has 1 unspecified atom stereocenters. The van der Waals surface area contributed by atoms with Crippen LogP contribution in [0.4, 0.5) is 0 Å². The monoisotopic (exact) mass is 206 g/mol. The van der Waals surface area contributed by atoms with E-state index in [2.05, 4.69) is 4.74 Å². The van der Waals surface area contributed by atoms with Gasteiger partial charge < -0.3 is 24.1 Å². The van der Waals surface area contributed by atoms with Gasteiger partial charge in [-0.15, -0.1) is 0 Å². The summed E-state index contributed by atoms with van der Waals surface area (Å²) in [6.07, 6.45) is -2.03. The van der Waals surface area contributed by atoms with Crippen molar-refractivity contribution in [3.8, 4) is 0 Å². The molecule has 0 fully saturated rings. The first-order valence-electron chi connectivity index (χ1n) is 3.96. The molecular formula is C8H14O6. The average Bonchev–Trinajstić information content (AvgIpc) is 2.24. The standard InChI is InChI=1S/C8H14O6/c1-12-6(3-9)7(4-10)14-8(5-11)13-2/h3,5-8,10H,4H2,1-2H3/t6-,7?,8-/m0/s1. The van der Waals surface area contributed by atoms with Gasteiger partial charge in [0.1, 0.15) is 12.2 Å². The first kappa shape index (κ1) is 13.2. The highest BCUT2D eigenvalue weighted by molar-refractivity contribution is 5.57. The quantitative estimate of drug-likeness (QED) is 0.394. The molecule has 0 aliphatic carbocycles. The van der Waals surface area contributed by atoms with Crippen LogP contribution in [0.15, 0.2) is 0 Å². The van der Waals surface area contributed by atoms with E-state index in [-0.39, 0.29) is 0 Å². The van der Waals surface area contributed by atoms with Crippen LogP contribution in [0.3, 0.4) is 0 Å². The Bertz CT molecular complexity index is 171. The van der Waals surface area contributed by atoms with Crippen LogP contribution in [0, 0.1) is 0 Å². The lowest BCUT2D eigenvalue weighted by Gasteiger charge is -2.22. The van der Waals surface area contributed by atoms with Gasteiger partial charge in [-0.25, -0.2) is 0 Å². The summed E-state index contributed by atoms with van der Waals surface area (Å²) in [7, 11) is 2.57. The van der Waals surface area contributed by atoms with Crippen molar-refractivity contribution in [3.05, 3.63) is 0 Å². The van der Waals surface area contributed by atoms with Gasteiger partial charge in [0.05, 0.1) is 6.61 Å². The minimum absolute atomic E-state index is 0.417. The summed E-state index contributed by atoms with van der Waals surface area (Å²) < 4.78 is 14.3. The molecule has 0 heterocycles. The Morgan fingerprint density at radius 1 is 1.21 bits per heavy atom. The molecule has 3 atom stereocenters. The van der Waals surface area contributed by atoms with Crippen LogP contribution < -0.4 is 0 Å². The third-order valence-electron chi connectivity index (χ3n) is 1.60. The molecule has 1 N–H and O–H groups in total. The summed E-state index contributed by atoms with van der Waals surface area (Å²) in [5.41, 5.74) is 0. The number of hydrogen-bond donors (Lipinski definition) is 1. The van der Waals surface area contributed by atoms with Crippen LogP contribution >= 0.6 is 0 Å². The second-order valence-corrected chi connectivity index (χ2v) is 2.43. The first-order chi connectivity index (χ1) is 6.73. The number of carbonyl (C=O) groups is 2. The number of methoxy groups -OCH3 is 2. The van der Waals surface area contributed by atoms with E-state index in [0.717, 1.165) is 0 Å². The van der Waals surface area contributed by atoms with Crippen LogP contribution in [-0.2, 0) is 23.8 Å². The molecule has 0 aromatic rings. The molecule has 14 heavy (non-hydrogen) atoms. The Hall–Kier alpha value is -0.820. The van der Waals surface area contributed by atoms with Crippen molar-refractivity contribution < 1.29 is 28.9 Å². The Balaban J connectivity index is 4.24. The van der Waals surface area contributed by atoms with Gasteiger partial charge in [0.25, 0.3) is 0 Å². The number of aliphatic hydroxyl groups is 1. The molecule has 6 nitrogen and oxygen atoms in total. The Morgan fingerprint density at radius 3 is 2.14 bits per heavy atom. The lowest BCUT2D eigenvalue weighted by Crippen LogP contribution is -2.39. The fourth-order valence-electron chi connectivity index (χ4n) is 0.835. The lowest BCUT2D eigenvalue weighted by atomic mass is 10.2. The minimum atomic E-state index is -1.11. The Kier molecular flexibility index (Phi) is 7.13. The molecule has 0 aromatic heterocycles. The molecule has 0 radical (unpaired) electrons. The molecule has 0 aliphatic heterocycles. The largest absolute Gasteiger partial charge is 0.394 e. The van der Waals surface area contributed by atoms with Crippen molar-refractivity contribution in [1.29, 1.82) is 0 Å². The highest BCUT2D eigenvalue weighted by atomic mass is 16.7. The minimum Gasteiger partial charge on any atom is -0.394 e. The SMILES string of the molecule is CO[C@H](C=O)OC(CO)[C@H](C=O)OC. The van der Waals surface area contributed by atoms with Crippen LogP contribution in [0.1, 0.15) is 0 Å². The third-order valence-corrected chi connectivity index (χ3v) is 1.60. The normalized spacial score (nSPS) is 17.1. The summed E-state index contributed by atoms with van der Waals surface area (Å²) in [4.78, 5) is 20.8. The molecule has 82 valence electrons. The van der Waals surface area contributed by atoms with E-state index in [1.54, 1.807) is 0 Å². The molecular weight excluding hydrogens is 192 g/mol. The molecule has 0 amide bonds. The maximum atomic E-state index is 10.4. The zero-order valence-corrected chi connectivity index (χ0v) is 8.08. The fraction of sp³-hybridized carbons (Fsp3) is 0.750. The van der Waals surface area contributed by atoms with E-state index in [1.807, 2.05) is 0 Å². The summed E-state index contributed by atoms with van der Waals surface area (Å²) in [6.45, 7) is -0.440. The van der Waals surface area contributed by atoms with Crippen molar-refractivity contribution in [2.45, 2.75) is 18.5 Å². The summed E-state index contributed by atoms with van der Waals surface area (Å²) in [5, 5.41) is 8.86. The van der Waals surface area contributed by atoms with Gasteiger partial charge in [0, 0.05) is 14.2 Å². The molecule has 0 aliphatic rings. The molecule has 0 bridgehead atoms. The van der Waals surface area contributed by atoms with Crippen LogP contribution in [0.2, 0.25) is 0 Å². The number of aliphatic hydroxyl groups excluding tert-OH is 1. The maximum Gasteiger partial charge on any atom is 0.214 e. The zero-order chi connectivity index (χ0) is 11.0. The van der Waals surface area contributed by atoms with E-state index in [0.29, 0.717) is 12.6 Å². The second-order valence-electron chi connectivity index (χ2n) is 2.43. The third kappa shape index (κ3) is 3.93. The second kappa shape index (κ2) is 7.57. The van der Waals surface area contributed by atoms with Crippen LogP contribution in [0.25, 0.3) is 0 Å². The molecule has 0 rings (SSSR count).